The zero-order valence-electron chi connectivity index (χ0n) is 19.5. The number of anilines is 1. The van der Waals surface area contributed by atoms with Gasteiger partial charge in [0.2, 0.25) is 0 Å². The van der Waals surface area contributed by atoms with Crippen LogP contribution < -0.4 is 4.90 Å². The molecule has 0 bridgehead atoms. The summed E-state index contributed by atoms with van der Waals surface area (Å²) in [6, 6.07) is 9.93. The Morgan fingerprint density at radius 2 is 1.80 bits per heavy atom. The zero-order valence-corrected chi connectivity index (χ0v) is 21.1. The summed E-state index contributed by atoms with van der Waals surface area (Å²) < 4.78 is 1.81. The summed E-state index contributed by atoms with van der Waals surface area (Å²) >= 11 is 8.16. The second-order valence-electron chi connectivity index (χ2n) is 9.13. The number of carbonyl (C=O) groups excluding carboxylic acids is 1. The van der Waals surface area contributed by atoms with Crippen molar-refractivity contribution in [1.82, 2.24) is 24.4 Å². The third-order valence-electron chi connectivity index (χ3n) is 6.74. The van der Waals surface area contributed by atoms with Gasteiger partial charge in [-0.1, -0.05) is 17.7 Å². The maximum atomic E-state index is 12.5. The van der Waals surface area contributed by atoms with E-state index in [4.69, 9.17) is 16.7 Å². The highest BCUT2D eigenvalue weighted by Gasteiger charge is 2.28. The Balaban J connectivity index is 1.27. The van der Waals surface area contributed by atoms with Gasteiger partial charge in [-0.05, 0) is 62.0 Å². The summed E-state index contributed by atoms with van der Waals surface area (Å²) in [6.45, 7) is 5.91. The predicted molar refractivity (Wildman–Crippen MR) is 142 cm³/mol. The number of nitrogens with zero attached hydrogens (tertiary/aromatic N) is 7. The van der Waals surface area contributed by atoms with E-state index in [1.54, 1.807) is 4.52 Å². The van der Waals surface area contributed by atoms with Crippen molar-refractivity contribution >= 4 is 51.8 Å². The molecule has 2 saturated heterocycles. The second kappa shape index (κ2) is 9.29. The van der Waals surface area contributed by atoms with Gasteiger partial charge in [-0.2, -0.15) is 10.1 Å². The molecule has 35 heavy (non-hydrogen) atoms. The molecule has 1 aromatic carbocycles. The molecule has 0 spiro atoms. The number of halogens is 1. The van der Waals surface area contributed by atoms with Crippen LogP contribution >= 0.6 is 23.4 Å². The molecule has 0 saturated carbocycles. The standard InChI is InChI=1S/C25H26ClN7OS/c1-30-10-12-31(13-11-30)20-6-4-17(14-19(20)26)21-16-27-23-7-5-18(29-33(21)23)15-22-24(34)28-25(35-22)32-8-2-3-9-32/h4-7,14-16H,2-3,8-13H2,1H3/b22-15-. The number of fused-ring (bicyclic) bond motifs is 1. The van der Waals surface area contributed by atoms with Crippen molar-refractivity contribution < 1.29 is 4.79 Å². The first-order valence-corrected chi connectivity index (χ1v) is 13.1. The number of imidazole rings is 1. The van der Waals surface area contributed by atoms with Crippen LogP contribution in [-0.4, -0.2) is 81.8 Å². The Morgan fingerprint density at radius 3 is 2.57 bits per heavy atom. The number of piperazine rings is 1. The lowest BCUT2D eigenvalue weighted by molar-refractivity contribution is -0.113. The van der Waals surface area contributed by atoms with Gasteiger partial charge < -0.3 is 14.7 Å². The van der Waals surface area contributed by atoms with Crippen LogP contribution in [0.25, 0.3) is 23.0 Å². The molecule has 2 fully saturated rings. The van der Waals surface area contributed by atoms with Crippen molar-refractivity contribution in [3.63, 3.8) is 0 Å². The van der Waals surface area contributed by atoms with Gasteiger partial charge in [-0.3, -0.25) is 4.79 Å². The monoisotopic (exact) mass is 507 g/mol. The summed E-state index contributed by atoms with van der Waals surface area (Å²) in [5, 5.41) is 6.30. The highest BCUT2D eigenvalue weighted by molar-refractivity contribution is 8.18. The first-order valence-electron chi connectivity index (χ1n) is 11.9. The van der Waals surface area contributed by atoms with E-state index in [-0.39, 0.29) is 5.91 Å². The van der Waals surface area contributed by atoms with E-state index in [1.807, 2.05) is 30.5 Å². The number of carbonyl (C=O) groups is 1. The molecule has 2 aromatic heterocycles. The number of likely N-dealkylation sites (tertiary alicyclic amines) is 1. The number of aliphatic imine (C=N–C) groups is 1. The van der Waals surface area contributed by atoms with Crippen molar-refractivity contribution in [3.05, 3.63) is 52.2 Å². The molecular formula is C25H26ClN7OS. The highest BCUT2D eigenvalue weighted by atomic mass is 35.5. The number of hydrogen-bond acceptors (Lipinski definition) is 7. The van der Waals surface area contributed by atoms with Crippen molar-refractivity contribution in [1.29, 1.82) is 0 Å². The van der Waals surface area contributed by atoms with E-state index in [0.29, 0.717) is 10.6 Å². The quantitative estimate of drug-likeness (QED) is 0.498. The van der Waals surface area contributed by atoms with Crippen molar-refractivity contribution in [2.45, 2.75) is 12.8 Å². The van der Waals surface area contributed by atoms with Gasteiger partial charge in [0.25, 0.3) is 5.91 Å². The fraction of sp³-hybridized carbons (Fsp3) is 0.360. The first kappa shape index (κ1) is 22.6. The van der Waals surface area contributed by atoms with Crippen LogP contribution in [0.15, 0.2) is 46.4 Å². The molecule has 0 N–H and O–H groups in total. The Hall–Kier alpha value is -2.88. The number of amidine groups is 1. The molecule has 1 amide bonds. The lowest BCUT2D eigenvalue weighted by atomic mass is 10.1. The average molecular weight is 508 g/mol. The molecular weight excluding hydrogens is 482 g/mol. The lowest BCUT2D eigenvalue weighted by Gasteiger charge is -2.34. The van der Waals surface area contributed by atoms with Gasteiger partial charge in [0.05, 0.1) is 33.2 Å². The third-order valence-corrected chi connectivity index (χ3v) is 8.08. The summed E-state index contributed by atoms with van der Waals surface area (Å²) in [5.41, 5.74) is 4.28. The van der Waals surface area contributed by atoms with E-state index >= 15 is 0 Å². The summed E-state index contributed by atoms with van der Waals surface area (Å²) in [4.78, 5) is 28.7. The third kappa shape index (κ3) is 4.44. The lowest BCUT2D eigenvalue weighted by Crippen LogP contribution is -2.44. The van der Waals surface area contributed by atoms with Crippen LogP contribution in [0, 0.1) is 0 Å². The molecule has 180 valence electrons. The Kier molecular flexibility index (Phi) is 5.99. The van der Waals surface area contributed by atoms with Crippen LogP contribution in [0.1, 0.15) is 18.5 Å². The van der Waals surface area contributed by atoms with Gasteiger partial charge >= 0.3 is 0 Å². The number of likely N-dealkylation sites (N-methyl/N-ethyl adjacent to an activating group) is 1. The molecule has 0 aliphatic carbocycles. The molecule has 8 nitrogen and oxygen atoms in total. The molecule has 3 aliphatic rings. The molecule has 6 rings (SSSR count). The Bertz CT molecular complexity index is 1350. The number of amides is 1. The van der Waals surface area contributed by atoms with Gasteiger partial charge in [0, 0.05) is 44.8 Å². The topological polar surface area (TPSA) is 69.3 Å². The molecule has 3 aliphatic heterocycles. The Labute approximate surface area is 213 Å². The van der Waals surface area contributed by atoms with Crippen LogP contribution in [0.4, 0.5) is 5.69 Å². The maximum absolute atomic E-state index is 12.5. The fourth-order valence-electron chi connectivity index (χ4n) is 4.71. The number of rotatable bonds is 3. The van der Waals surface area contributed by atoms with Crippen LogP contribution in [-0.2, 0) is 4.79 Å². The predicted octanol–water partition coefficient (Wildman–Crippen LogP) is 3.87. The average Bonchev–Trinajstić information content (AvgIpc) is 3.60. The molecule has 3 aromatic rings. The summed E-state index contributed by atoms with van der Waals surface area (Å²) in [5.74, 6) is -0.198. The number of thioether (sulfide) groups is 1. The number of benzene rings is 1. The van der Waals surface area contributed by atoms with E-state index in [1.165, 1.54) is 11.8 Å². The smallest absolute Gasteiger partial charge is 0.286 e. The molecule has 5 heterocycles. The van der Waals surface area contributed by atoms with Crippen LogP contribution in [0.3, 0.4) is 0 Å². The minimum atomic E-state index is -0.198. The zero-order chi connectivity index (χ0) is 23.9. The highest BCUT2D eigenvalue weighted by Crippen LogP contribution is 2.33. The second-order valence-corrected chi connectivity index (χ2v) is 10.5. The normalized spacial score (nSPS) is 20.5. The summed E-state index contributed by atoms with van der Waals surface area (Å²) in [7, 11) is 2.14. The largest absolute Gasteiger partial charge is 0.368 e. The minimum absolute atomic E-state index is 0.198. The minimum Gasteiger partial charge on any atom is -0.368 e. The van der Waals surface area contributed by atoms with Crippen LogP contribution in [0.2, 0.25) is 5.02 Å². The van der Waals surface area contributed by atoms with Gasteiger partial charge in [-0.15, -0.1) is 0 Å². The van der Waals surface area contributed by atoms with Gasteiger partial charge in [0.15, 0.2) is 10.8 Å². The molecule has 10 heteroatoms. The van der Waals surface area contributed by atoms with E-state index in [9.17, 15) is 4.79 Å². The van der Waals surface area contributed by atoms with E-state index < -0.39 is 0 Å². The summed E-state index contributed by atoms with van der Waals surface area (Å²) in [6.07, 6.45) is 5.92. The van der Waals surface area contributed by atoms with Crippen molar-refractivity contribution in [2.24, 2.45) is 4.99 Å². The van der Waals surface area contributed by atoms with Crippen LogP contribution in [0.5, 0.6) is 0 Å². The van der Waals surface area contributed by atoms with E-state index in [0.717, 1.165) is 84.9 Å². The van der Waals surface area contributed by atoms with Gasteiger partial charge in [-0.25, -0.2) is 9.50 Å². The number of aromatic nitrogens is 3. The SMILES string of the molecule is CN1CCN(c2ccc(-c3cnc4ccc(/C=C5\SC(N6CCCC6)=NC5=O)nn34)cc2Cl)CC1. The van der Waals surface area contributed by atoms with Crippen molar-refractivity contribution in [2.75, 3.05) is 51.2 Å². The maximum Gasteiger partial charge on any atom is 0.286 e. The molecule has 0 unspecified atom stereocenters. The van der Waals surface area contributed by atoms with Crippen molar-refractivity contribution in [3.8, 4) is 11.3 Å². The Morgan fingerprint density at radius 1 is 1.00 bits per heavy atom. The van der Waals surface area contributed by atoms with E-state index in [2.05, 4.69) is 43.9 Å². The molecule has 0 radical (unpaired) electrons. The van der Waals surface area contributed by atoms with Gasteiger partial charge in [0.1, 0.15) is 0 Å². The first-order chi connectivity index (χ1) is 17.0. The number of hydrogen-bond donors (Lipinski definition) is 0. The fourth-order valence-corrected chi connectivity index (χ4v) is 5.96. The molecule has 0 atom stereocenters.